The fraction of sp³-hybridized carbons (Fsp3) is 0.750. The van der Waals surface area contributed by atoms with Crippen molar-refractivity contribution in [1.29, 1.82) is 0 Å². The molecule has 0 aliphatic rings. The number of hydrogen-bond donors (Lipinski definition) is 1. The quantitative estimate of drug-likeness (QED) is 0.590. The Hall–Kier alpha value is -1.52. The van der Waals surface area contributed by atoms with Crippen LogP contribution in [0.5, 0.6) is 0 Å². The van der Waals surface area contributed by atoms with E-state index in [0.717, 1.165) is 36.8 Å². The molecule has 0 saturated heterocycles. The molecule has 5 heteroatoms. The van der Waals surface area contributed by atoms with Gasteiger partial charge in [0.25, 0.3) is 0 Å². The van der Waals surface area contributed by atoms with Crippen LogP contribution in [0.4, 0.5) is 0 Å². The van der Waals surface area contributed by atoms with Gasteiger partial charge in [-0.3, -0.25) is 4.99 Å². The molecule has 1 aromatic rings. The Morgan fingerprint density at radius 3 is 2.67 bits per heavy atom. The lowest BCUT2D eigenvalue weighted by Crippen LogP contribution is -2.38. The third-order valence-electron chi connectivity index (χ3n) is 3.82. The minimum atomic E-state index is 0.494. The molecule has 1 heterocycles. The SMILES string of the molecule is CCCCN(C)C(=NC)NCc1cc(C(CC)CC)no1. The van der Waals surface area contributed by atoms with Gasteiger partial charge in [0.05, 0.1) is 12.2 Å². The number of nitrogens with one attached hydrogen (secondary N) is 1. The molecule has 0 saturated carbocycles. The van der Waals surface area contributed by atoms with Crippen molar-refractivity contribution in [2.24, 2.45) is 4.99 Å². The summed E-state index contributed by atoms with van der Waals surface area (Å²) < 4.78 is 5.42. The van der Waals surface area contributed by atoms with E-state index in [0.29, 0.717) is 12.5 Å². The molecule has 1 aromatic heterocycles. The highest BCUT2D eigenvalue weighted by Gasteiger charge is 2.13. The molecule has 1 rings (SSSR count). The zero-order valence-electron chi connectivity index (χ0n) is 14.1. The van der Waals surface area contributed by atoms with E-state index in [4.69, 9.17) is 4.52 Å². The van der Waals surface area contributed by atoms with Crippen molar-refractivity contribution in [2.45, 2.75) is 58.9 Å². The summed E-state index contributed by atoms with van der Waals surface area (Å²) in [6.45, 7) is 8.19. The van der Waals surface area contributed by atoms with Gasteiger partial charge >= 0.3 is 0 Å². The van der Waals surface area contributed by atoms with Crippen LogP contribution < -0.4 is 5.32 Å². The Kier molecular flexibility index (Phi) is 7.87. The highest BCUT2D eigenvalue weighted by Crippen LogP contribution is 2.22. The molecule has 0 aliphatic heterocycles. The first kappa shape index (κ1) is 17.5. The molecular formula is C16H30N4O. The van der Waals surface area contributed by atoms with E-state index in [2.05, 4.69) is 54.3 Å². The molecule has 5 nitrogen and oxygen atoms in total. The maximum absolute atomic E-state index is 5.42. The lowest BCUT2D eigenvalue weighted by atomic mass is 9.99. The lowest BCUT2D eigenvalue weighted by Gasteiger charge is -2.21. The van der Waals surface area contributed by atoms with Gasteiger partial charge in [-0.15, -0.1) is 0 Å². The van der Waals surface area contributed by atoms with Crippen molar-refractivity contribution in [3.63, 3.8) is 0 Å². The fourth-order valence-corrected chi connectivity index (χ4v) is 2.36. The number of nitrogens with zero attached hydrogens (tertiary/aromatic N) is 3. The van der Waals surface area contributed by atoms with Crippen molar-refractivity contribution in [2.75, 3.05) is 20.6 Å². The van der Waals surface area contributed by atoms with Crippen LogP contribution in [0.25, 0.3) is 0 Å². The summed E-state index contributed by atoms with van der Waals surface area (Å²) >= 11 is 0. The minimum Gasteiger partial charge on any atom is -0.359 e. The average molecular weight is 294 g/mol. The van der Waals surface area contributed by atoms with Crippen molar-refractivity contribution < 1.29 is 4.52 Å². The first-order valence-corrected chi connectivity index (χ1v) is 8.03. The lowest BCUT2D eigenvalue weighted by molar-refractivity contribution is 0.365. The molecule has 0 atom stereocenters. The van der Waals surface area contributed by atoms with Crippen molar-refractivity contribution in [3.8, 4) is 0 Å². The summed E-state index contributed by atoms with van der Waals surface area (Å²) in [6, 6.07) is 2.06. The number of guanidine groups is 1. The smallest absolute Gasteiger partial charge is 0.193 e. The van der Waals surface area contributed by atoms with E-state index in [1.807, 2.05) is 0 Å². The van der Waals surface area contributed by atoms with Crippen molar-refractivity contribution in [1.82, 2.24) is 15.4 Å². The van der Waals surface area contributed by atoms with Gasteiger partial charge in [0, 0.05) is 32.6 Å². The van der Waals surface area contributed by atoms with Crippen LogP contribution in [0, 0.1) is 0 Å². The Balaban J connectivity index is 2.54. The average Bonchev–Trinajstić information content (AvgIpc) is 2.95. The zero-order valence-corrected chi connectivity index (χ0v) is 14.1. The third-order valence-corrected chi connectivity index (χ3v) is 3.82. The second-order valence-corrected chi connectivity index (χ2v) is 5.41. The van der Waals surface area contributed by atoms with Gasteiger partial charge in [0.1, 0.15) is 0 Å². The maximum Gasteiger partial charge on any atom is 0.193 e. The molecule has 0 radical (unpaired) electrons. The first-order valence-electron chi connectivity index (χ1n) is 8.03. The highest BCUT2D eigenvalue weighted by molar-refractivity contribution is 5.79. The Morgan fingerprint density at radius 2 is 2.10 bits per heavy atom. The summed E-state index contributed by atoms with van der Waals surface area (Å²) in [5.74, 6) is 2.25. The van der Waals surface area contributed by atoms with Crippen LogP contribution in [0.2, 0.25) is 0 Å². The van der Waals surface area contributed by atoms with Crippen LogP contribution in [0.3, 0.4) is 0 Å². The summed E-state index contributed by atoms with van der Waals surface area (Å²) in [5, 5.41) is 7.51. The predicted molar refractivity (Wildman–Crippen MR) is 87.6 cm³/mol. The van der Waals surface area contributed by atoms with E-state index >= 15 is 0 Å². The van der Waals surface area contributed by atoms with Gasteiger partial charge in [-0.05, 0) is 19.3 Å². The van der Waals surface area contributed by atoms with Gasteiger partial charge in [0.15, 0.2) is 11.7 Å². The van der Waals surface area contributed by atoms with Crippen molar-refractivity contribution >= 4 is 5.96 Å². The first-order chi connectivity index (χ1) is 10.2. The molecule has 21 heavy (non-hydrogen) atoms. The van der Waals surface area contributed by atoms with E-state index in [1.54, 1.807) is 7.05 Å². The molecule has 1 N–H and O–H groups in total. The van der Waals surface area contributed by atoms with E-state index in [-0.39, 0.29) is 0 Å². The second kappa shape index (κ2) is 9.42. The van der Waals surface area contributed by atoms with Crippen molar-refractivity contribution in [3.05, 3.63) is 17.5 Å². The van der Waals surface area contributed by atoms with Gasteiger partial charge < -0.3 is 14.7 Å². The summed E-state index contributed by atoms with van der Waals surface area (Å²) in [5.41, 5.74) is 1.06. The summed E-state index contributed by atoms with van der Waals surface area (Å²) in [7, 11) is 3.86. The largest absolute Gasteiger partial charge is 0.359 e. The molecule has 0 amide bonds. The van der Waals surface area contributed by atoms with Crippen LogP contribution in [-0.2, 0) is 6.54 Å². The summed E-state index contributed by atoms with van der Waals surface area (Å²) in [6.07, 6.45) is 4.54. The van der Waals surface area contributed by atoms with Gasteiger partial charge in [-0.1, -0.05) is 32.3 Å². The van der Waals surface area contributed by atoms with Crippen LogP contribution >= 0.6 is 0 Å². The molecular weight excluding hydrogens is 264 g/mol. The highest BCUT2D eigenvalue weighted by atomic mass is 16.5. The van der Waals surface area contributed by atoms with Gasteiger partial charge in [-0.25, -0.2) is 0 Å². The van der Waals surface area contributed by atoms with Gasteiger partial charge in [-0.2, -0.15) is 0 Å². The number of unbranched alkanes of at least 4 members (excludes halogenated alkanes) is 1. The standard InChI is InChI=1S/C16H30N4O/c1-6-9-10-20(5)16(17-4)18-12-14-11-15(19-21-14)13(7-2)8-3/h11,13H,6-10,12H2,1-5H3,(H,17,18). The van der Waals surface area contributed by atoms with E-state index < -0.39 is 0 Å². The van der Waals surface area contributed by atoms with E-state index in [1.165, 1.54) is 12.8 Å². The Bertz CT molecular complexity index is 424. The molecule has 120 valence electrons. The van der Waals surface area contributed by atoms with Crippen LogP contribution in [0.15, 0.2) is 15.6 Å². The topological polar surface area (TPSA) is 53.7 Å². The fourth-order valence-electron chi connectivity index (χ4n) is 2.36. The maximum atomic E-state index is 5.42. The summed E-state index contributed by atoms with van der Waals surface area (Å²) in [4.78, 5) is 6.44. The second-order valence-electron chi connectivity index (χ2n) is 5.41. The monoisotopic (exact) mass is 294 g/mol. The predicted octanol–water partition coefficient (Wildman–Crippen LogP) is 3.39. The number of aliphatic imine (C=N–C) groups is 1. The number of hydrogen-bond acceptors (Lipinski definition) is 3. The molecule has 0 bridgehead atoms. The van der Waals surface area contributed by atoms with E-state index in [9.17, 15) is 0 Å². The molecule has 0 fully saturated rings. The van der Waals surface area contributed by atoms with Crippen LogP contribution in [0.1, 0.15) is 63.8 Å². The minimum absolute atomic E-state index is 0.494. The number of rotatable bonds is 8. The molecule has 0 unspecified atom stereocenters. The zero-order chi connectivity index (χ0) is 15.7. The molecule has 0 aromatic carbocycles. The Labute approximate surface area is 128 Å². The van der Waals surface area contributed by atoms with Gasteiger partial charge in [0.2, 0.25) is 0 Å². The number of aromatic nitrogens is 1. The van der Waals surface area contributed by atoms with Crippen LogP contribution in [-0.4, -0.2) is 36.7 Å². The third kappa shape index (κ3) is 5.40. The molecule has 0 spiro atoms. The normalized spacial score (nSPS) is 12.0. The molecule has 0 aliphatic carbocycles. The Morgan fingerprint density at radius 1 is 1.38 bits per heavy atom.